The summed E-state index contributed by atoms with van der Waals surface area (Å²) in [5.41, 5.74) is 1.08. The summed E-state index contributed by atoms with van der Waals surface area (Å²) < 4.78 is 0. The number of hydrogen-bond acceptors (Lipinski definition) is 2. The van der Waals surface area contributed by atoms with Gasteiger partial charge in [0.25, 0.3) is 0 Å². The van der Waals surface area contributed by atoms with Crippen LogP contribution in [0.25, 0.3) is 0 Å². The highest BCUT2D eigenvalue weighted by Gasteiger charge is 2.51. The van der Waals surface area contributed by atoms with Gasteiger partial charge in [0.15, 0.2) is 0 Å². The zero-order chi connectivity index (χ0) is 15.5. The van der Waals surface area contributed by atoms with E-state index in [1.54, 1.807) is 0 Å². The van der Waals surface area contributed by atoms with Crippen LogP contribution in [-0.4, -0.2) is 28.8 Å². The number of likely N-dealkylation sites (tertiary alicyclic amines) is 1. The molecule has 3 atom stereocenters. The fourth-order valence-corrected chi connectivity index (χ4v) is 3.80. The first kappa shape index (κ1) is 15.1. The van der Waals surface area contributed by atoms with Gasteiger partial charge in [0.1, 0.15) is 6.04 Å². The second-order valence-corrected chi connectivity index (χ2v) is 6.33. The van der Waals surface area contributed by atoms with E-state index in [-0.39, 0.29) is 23.8 Å². The Morgan fingerprint density at radius 3 is 2.73 bits per heavy atom. The molecule has 1 saturated carbocycles. The first-order valence-electron chi connectivity index (χ1n) is 8.36. The molecule has 2 aliphatic rings. The third-order valence-electron chi connectivity index (χ3n) is 4.99. The van der Waals surface area contributed by atoms with Crippen LogP contribution in [0, 0.1) is 5.92 Å². The monoisotopic (exact) mass is 300 g/mol. The van der Waals surface area contributed by atoms with E-state index in [1.165, 1.54) is 6.42 Å². The molecular formula is C18H24N2O2. The number of nitrogens with one attached hydrogen (secondary N) is 1. The van der Waals surface area contributed by atoms with Crippen molar-refractivity contribution in [1.29, 1.82) is 0 Å². The Hall–Kier alpha value is -1.84. The molecular weight excluding hydrogens is 276 g/mol. The van der Waals surface area contributed by atoms with E-state index in [0.717, 1.165) is 24.8 Å². The van der Waals surface area contributed by atoms with Crippen LogP contribution in [0.1, 0.15) is 44.6 Å². The molecule has 0 radical (unpaired) electrons. The molecule has 1 aromatic carbocycles. The molecule has 1 saturated heterocycles. The normalized spacial score (nSPS) is 25.1. The number of amides is 2. The van der Waals surface area contributed by atoms with Crippen molar-refractivity contribution in [3.8, 4) is 0 Å². The van der Waals surface area contributed by atoms with Crippen molar-refractivity contribution < 1.29 is 9.59 Å². The SMILES string of the molecule is CCC(C(=O)NCc1ccccc1)N1C(=O)[C@@H]2CCCC[C@@H]21. The molecule has 118 valence electrons. The van der Waals surface area contributed by atoms with E-state index in [9.17, 15) is 9.59 Å². The molecule has 1 N–H and O–H groups in total. The molecule has 2 amide bonds. The number of hydrogen-bond donors (Lipinski definition) is 1. The molecule has 22 heavy (non-hydrogen) atoms. The van der Waals surface area contributed by atoms with Gasteiger partial charge in [0.05, 0.1) is 5.92 Å². The third-order valence-corrected chi connectivity index (χ3v) is 4.99. The summed E-state index contributed by atoms with van der Waals surface area (Å²) >= 11 is 0. The van der Waals surface area contributed by atoms with E-state index in [0.29, 0.717) is 19.0 Å². The number of β-lactam (4-membered cyclic amide) rings is 1. The average molecular weight is 300 g/mol. The second kappa shape index (κ2) is 6.51. The lowest BCUT2D eigenvalue weighted by Crippen LogP contribution is -2.67. The van der Waals surface area contributed by atoms with Gasteiger partial charge >= 0.3 is 0 Å². The van der Waals surface area contributed by atoms with Crippen molar-refractivity contribution in [3.63, 3.8) is 0 Å². The molecule has 1 aliphatic heterocycles. The molecule has 1 aliphatic carbocycles. The molecule has 1 heterocycles. The van der Waals surface area contributed by atoms with Gasteiger partial charge in [0, 0.05) is 12.6 Å². The Kier molecular flexibility index (Phi) is 4.46. The zero-order valence-electron chi connectivity index (χ0n) is 13.1. The van der Waals surface area contributed by atoms with Gasteiger partial charge < -0.3 is 10.2 Å². The van der Waals surface area contributed by atoms with Crippen molar-refractivity contribution in [2.24, 2.45) is 5.92 Å². The van der Waals surface area contributed by atoms with Crippen molar-refractivity contribution in [1.82, 2.24) is 10.2 Å². The zero-order valence-corrected chi connectivity index (χ0v) is 13.1. The van der Waals surface area contributed by atoms with Crippen molar-refractivity contribution >= 4 is 11.8 Å². The Bertz CT molecular complexity index is 543. The van der Waals surface area contributed by atoms with E-state index in [1.807, 2.05) is 42.2 Å². The largest absolute Gasteiger partial charge is 0.350 e. The fraction of sp³-hybridized carbons (Fsp3) is 0.556. The van der Waals surface area contributed by atoms with Crippen LogP contribution in [0.15, 0.2) is 30.3 Å². The lowest BCUT2D eigenvalue weighted by atomic mass is 9.75. The number of nitrogens with zero attached hydrogens (tertiary/aromatic N) is 1. The predicted octanol–water partition coefficient (Wildman–Crippen LogP) is 2.48. The fourth-order valence-electron chi connectivity index (χ4n) is 3.80. The maximum atomic E-state index is 12.5. The summed E-state index contributed by atoms with van der Waals surface area (Å²) in [5, 5.41) is 2.98. The molecule has 0 spiro atoms. The maximum absolute atomic E-state index is 12.5. The van der Waals surface area contributed by atoms with Crippen LogP contribution in [0.5, 0.6) is 0 Å². The van der Waals surface area contributed by atoms with Crippen molar-refractivity contribution in [3.05, 3.63) is 35.9 Å². The van der Waals surface area contributed by atoms with Crippen molar-refractivity contribution in [2.75, 3.05) is 0 Å². The predicted molar refractivity (Wildman–Crippen MR) is 85.0 cm³/mol. The van der Waals surface area contributed by atoms with Crippen LogP contribution in [-0.2, 0) is 16.1 Å². The standard InChI is InChI=1S/C18H24N2O2/c1-2-15(17(21)19-12-13-8-4-3-5-9-13)20-16-11-7-6-10-14(16)18(20)22/h3-5,8-9,14-16H,2,6-7,10-12H2,1H3,(H,19,21)/t14-,15?,16+/m1/s1. The summed E-state index contributed by atoms with van der Waals surface area (Å²) in [6.07, 6.45) is 5.06. The minimum absolute atomic E-state index is 0.0243. The minimum Gasteiger partial charge on any atom is -0.350 e. The summed E-state index contributed by atoms with van der Waals surface area (Å²) in [4.78, 5) is 26.7. The smallest absolute Gasteiger partial charge is 0.243 e. The molecule has 0 aromatic heterocycles. The van der Waals surface area contributed by atoms with Crippen LogP contribution in [0.2, 0.25) is 0 Å². The molecule has 0 bridgehead atoms. The van der Waals surface area contributed by atoms with E-state index in [4.69, 9.17) is 0 Å². The quantitative estimate of drug-likeness (QED) is 0.849. The highest BCUT2D eigenvalue weighted by molar-refractivity contribution is 5.93. The highest BCUT2D eigenvalue weighted by atomic mass is 16.2. The first-order valence-corrected chi connectivity index (χ1v) is 8.36. The number of carbonyl (C=O) groups is 2. The molecule has 1 aromatic rings. The van der Waals surface area contributed by atoms with Crippen LogP contribution in [0.4, 0.5) is 0 Å². The molecule has 3 rings (SSSR count). The van der Waals surface area contributed by atoms with Crippen LogP contribution in [0.3, 0.4) is 0 Å². The summed E-state index contributed by atoms with van der Waals surface area (Å²) in [5.74, 6) is 0.347. The number of benzene rings is 1. The molecule has 1 unspecified atom stereocenters. The van der Waals surface area contributed by atoms with Gasteiger partial charge in [-0.2, -0.15) is 0 Å². The summed E-state index contributed by atoms with van der Waals surface area (Å²) in [6.45, 7) is 2.50. The third kappa shape index (κ3) is 2.74. The van der Waals surface area contributed by atoms with Crippen LogP contribution >= 0.6 is 0 Å². The van der Waals surface area contributed by atoms with E-state index < -0.39 is 0 Å². The van der Waals surface area contributed by atoms with Gasteiger partial charge in [-0.05, 0) is 24.8 Å². The molecule has 2 fully saturated rings. The van der Waals surface area contributed by atoms with Gasteiger partial charge in [-0.15, -0.1) is 0 Å². The summed E-state index contributed by atoms with van der Waals surface area (Å²) in [6, 6.07) is 9.86. The highest BCUT2D eigenvalue weighted by Crippen LogP contribution is 2.40. The minimum atomic E-state index is -0.310. The van der Waals surface area contributed by atoms with Crippen LogP contribution < -0.4 is 5.32 Å². The van der Waals surface area contributed by atoms with Crippen molar-refractivity contribution in [2.45, 2.75) is 57.7 Å². The number of rotatable bonds is 5. The van der Waals surface area contributed by atoms with E-state index >= 15 is 0 Å². The molecule has 4 heteroatoms. The Labute approximate surface area is 131 Å². The van der Waals surface area contributed by atoms with Gasteiger partial charge in [-0.1, -0.05) is 50.1 Å². The number of carbonyl (C=O) groups excluding carboxylic acids is 2. The molecule has 4 nitrogen and oxygen atoms in total. The van der Waals surface area contributed by atoms with Gasteiger partial charge in [-0.3, -0.25) is 9.59 Å². The van der Waals surface area contributed by atoms with Gasteiger partial charge in [-0.25, -0.2) is 0 Å². The maximum Gasteiger partial charge on any atom is 0.243 e. The topological polar surface area (TPSA) is 49.4 Å². The number of fused-ring (bicyclic) bond motifs is 1. The Morgan fingerprint density at radius 1 is 1.27 bits per heavy atom. The lowest BCUT2D eigenvalue weighted by molar-refractivity contribution is -0.168. The second-order valence-electron chi connectivity index (χ2n) is 6.33. The van der Waals surface area contributed by atoms with E-state index in [2.05, 4.69) is 5.32 Å². The van der Waals surface area contributed by atoms with Gasteiger partial charge in [0.2, 0.25) is 11.8 Å². The lowest BCUT2D eigenvalue weighted by Gasteiger charge is -2.52. The summed E-state index contributed by atoms with van der Waals surface area (Å²) in [7, 11) is 0. The first-order chi connectivity index (χ1) is 10.7. The average Bonchev–Trinajstić information content (AvgIpc) is 2.57. The Balaban J connectivity index is 1.61. The Morgan fingerprint density at radius 2 is 2.00 bits per heavy atom.